The fourth-order valence-electron chi connectivity index (χ4n) is 2.66. The lowest BCUT2D eigenvalue weighted by Gasteiger charge is -2.17. The highest BCUT2D eigenvalue weighted by Gasteiger charge is 2.08. The summed E-state index contributed by atoms with van der Waals surface area (Å²) in [6, 6.07) is 7.98. The number of aromatic nitrogens is 3. The molecule has 2 N–H and O–H groups in total. The van der Waals surface area contributed by atoms with Crippen LogP contribution in [0.15, 0.2) is 29.3 Å². The summed E-state index contributed by atoms with van der Waals surface area (Å²) in [5.74, 6) is 4.06. The molecule has 0 atom stereocenters. The summed E-state index contributed by atoms with van der Waals surface area (Å²) in [6.45, 7) is 8.47. The van der Waals surface area contributed by atoms with Gasteiger partial charge in [0.25, 0.3) is 0 Å². The maximum Gasteiger partial charge on any atom is 0.191 e. The molecule has 2 rings (SSSR count). The third kappa shape index (κ3) is 6.27. The molecular formula is C20H32N6O. The van der Waals surface area contributed by atoms with Gasteiger partial charge in [-0.05, 0) is 30.5 Å². The van der Waals surface area contributed by atoms with E-state index in [0.717, 1.165) is 48.3 Å². The lowest BCUT2D eigenvalue weighted by Crippen LogP contribution is -2.40. The topological polar surface area (TPSA) is 76.4 Å². The molecule has 0 amide bonds. The van der Waals surface area contributed by atoms with Crippen LogP contribution >= 0.6 is 0 Å². The number of rotatable bonds is 9. The van der Waals surface area contributed by atoms with E-state index in [0.29, 0.717) is 19.0 Å². The highest BCUT2D eigenvalue weighted by molar-refractivity contribution is 5.79. The number of nitrogens with one attached hydrogen (secondary N) is 2. The Balaban J connectivity index is 2.03. The van der Waals surface area contributed by atoms with E-state index in [2.05, 4.69) is 34.7 Å². The van der Waals surface area contributed by atoms with Crippen LogP contribution in [0.3, 0.4) is 0 Å². The SMILES string of the molecule is CCC(CC)CNC(=NCc1ccc(OC)cc1)NCc1nnc(C)n1C. The van der Waals surface area contributed by atoms with Crippen molar-refractivity contribution in [1.82, 2.24) is 25.4 Å². The van der Waals surface area contributed by atoms with Gasteiger partial charge in [-0.1, -0.05) is 38.8 Å². The molecule has 0 fully saturated rings. The first-order valence-electron chi connectivity index (χ1n) is 9.57. The molecule has 0 unspecified atom stereocenters. The molecule has 7 heteroatoms. The highest BCUT2D eigenvalue weighted by Crippen LogP contribution is 2.12. The Bertz CT molecular complexity index is 719. The van der Waals surface area contributed by atoms with Crippen LogP contribution in [0.1, 0.15) is 43.9 Å². The van der Waals surface area contributed by atoms with Crippen LogP contribution in [0, 0.1) is 12.8 Å². The van der Waals surface area contributed by atoms with Crippen molar-refractivity contribution in [3.63, 3.8) is 0 Å². The van der Waals surface area contributed by atoms with E-state index in [1.807, 2.05) is 42.8 Å². The lowest BCUT2D eigenvalue weighted by molar-refractivity contribution is 0.414. The molecule has 0 aliphatic rings. The van der Waals surface area contributed by atoms with Crippen LogP contribution in [0.5, 0.6) is 5.75 Å². The first kappa shape index (κ1) is 20.7. The Morgan fingerprint density at radius 3 is 2.41 bits per heavy atom. The summed E-state index contributed by atoms with van der Waals surface area (Å²) in [4.78, 5) is 4.74. The van der Waals surface area contributed by atoms with Crippen molar-refractivity contribution in [3.8, 4) is 5.75 Å². The van der Waals surface area contributed by atoms with E-state index >= 15 is 0 Å². The van der Waals surface area contributed by atoms with Crippen LogP contribution in [-0.4, -0.2) is 34.4 Å². The van der Waals surface area contributed by atoms with Crippen LogP contribution in [0.4, 0.5) is 0 Å². The minimum atomic E-state index is 0.578. The lowest BCUT2D eigenvalue weighted by atomic mass is 10.0. The third-order valence-corrected chi connectivity index (χ3v) is 4.89. The number of aliphatic imine (C=N–C) groups is 1. The predicted octanol–water partition coefficient (Wildman–Crippen LogP) is 2.80. The molecule has 0 aliphatic carbocycles. The maximum atomic E-state index is 5.21. The van der Waals surface area contributed by atoms with Crippen molar-refractivity contribution in [3.05, 3.63) is 41.5 Å². The molecule has 7 nitrogen and oxygen atoms in total. The zero-order chi connectivity index (χ0) is 19.6. The van der Waals surface area contributed by atoms with Crippen molar-refractivity contribution in [2.45, 2.75) is 46.7 Å². The Hall–Kier alpha value is -2.57. The smallest absolute Gasteiger partial charge is 0.191 e. The maximum absolute atomic E-state index is 5.21. The van der Waals surface area contributed by atoms with Crippen LogP contribution in [-0.2, 0) is 20.1 Å². The first-order valence-corrected chi connectivity index (χ1v) is 9.57. The van der Waals surface area contributed by atoms with E-state index in [-0.39, 0.29) is 0 Å². The van der Waals surface area contributed by atoms with Crippen molar-refractivity contribution < 1.29 is 4.74 Å². The molecule has 0 aliphatic heterocycles. The van der Waals surface area contributed by atoms with Gasteiger partial charge in [0.15, 0.2) is 11.8 Å². The second-order valence-corrected chi connectivity index (χ2v) is 6.65. The minimum Gasteiger partial charge on any atom is -0.497 e. The fraction of sp³-hybridized carbons (Fsp3) is 0.550. The van der Waals surface area contributed by atoms with Gasteiger partial charge in [0.2, 0.25) is 0 Å². The number of hydrogen-bond donors (Lipinski definition) is 2. The second kappa shape index (κ2) is 10.5. The van der Waals surface area contributed by atoms with Gasteiger partial charge < -0.3 is 19.9 Å². The molecule has 2 aromatic rings. The van der Waals surface area contributed by atoms with Gasteiger partial charge in [-0.2, -0.15) is 0 Å². The third-order valence-electron chi connectivity index (χ3n) is 4.89. The van der Waals surface area contributed by atoms with E-state index in [4.69, 9.17) is 9.73 Å². The number of methoxy groups -OCH3 is 1. The molecule has 0 saturated carbocycles. The Morgan fingerprint density at radius 1 is 1.15 bits per heavy atom. The molecule has 0 spiro atoms. The monoisotopic (exact) mass is 372 g/mol. The highest BCUT2D eigenvalue weighted by atomic mass is 16.5. The van der Waals surface area contributed by atoms with Crippen molar-refractivity contribution in [2.75, 3.05) is 13.7 Å². The van der Waals surface area contributed by atoms with Crippen LogP contribution in [0.2, 0.25) is 0 Å². The van der Waals surface area contributed by atoms with Crippen molar-refractivity contribution >= 4 is 5.96 Å². The molecule has 1 aromatic carbocycles. The van der Waals surface area contributed by atoms with E-state index in [1.165, 1.54) is 0 Å². The number of aryl methyl sites for hydroxylation is 1. The number of benzene rings is 1. The molecule has 148 valence electrons. The summed E-state index contributed by atoms with van der Waals surface area (Å²) >= 11 is 0. The first-order chi connectivity index (χ1) is 13.1. The van der Waals surface area contributed by atoms with Crippen molar-refractivity contribution in [2.24, 2.45) is 18.0 Å². The van der Waals surface area contributed by atoms with E-state index in [1.54, 1.807) is 7.11 Å². The quantitative estimate of drug-likeness (QED) is 0.523. The van der Waals surface area contributed by atoms with Crippen LogP contribution < -0.4 is 15.4 Å². The van der Waals surface area contributed by atoms with Gasteiger partial charge in [-0.15, -0.1) is 10.2 Å². The summed E-state index contributed by atoms with van der Waals surface area (Å²) in [7, 11) is 3.64. The van der Waals surface area contributed by atoms with E-state index < -0.39 is 0 Å². The summed E-state index contributed by atoms with van der Waals surface area (Å²) in [6.07, 6.45) is 2.30. The van der Waals surface area contributed by atoms with E-state index in [9.17, 15) is 0 Å². The standard InChI is InChI=1S/C20H32N6O/c1-6-16(7-2)12-21-20(23-14-19-25-24-15(3)26(19)4)22-13-17-8-10-18(27-5)11-9-17/h8-11,16H,6-7,12-14H2,1-5H3,(H2,21,22,23). The molecular weight excluding hydrogens is 340 g/mol. The molecule has 0 radical (unpaired) electrons. The number of nitrogens with zero attached hydrogens (tertiary/aromatic N) is 4. The molecule has 0 saturated heterocycles. The van der Waals surface area contributed by atoms with Gasteiger partial charge in [-0.25, -0.2) is 4.99 Å². The van der Waals surface area contributed by atoms with Crippen LogP contribution in [0.25, 0.3) is 0 Å². The number of ether oxygens (including phenoxy) is 1. The average molecular weight is 373 g/mol. The number of hydrogen-bond acceptors (Lipinski definition) is 4. The zero-order valence-electron chi connectivity index (χ0n) is 17.1. The largest absolute Gasteiger partial charge is 0.497 e. The Morgan fingerprint density at radius 2 is 1.85 bits per heavy atom. The molecule has 0 bridgehead atoms. The minimum absolute atomic E-state index is 0.578. The summed E-state index contributed by atoms with van der Waals surface area (Å²) in [5, 5.41) is 15.2. The van der Waals surface area contributed by atoms with Gasteiger partial charge >= 0.3 is 0 Å². The summed E-state index contributed by atoms with van der Waals surface area (Å²) in [5.41, 5.74) is 1.13. The zero-order valence-corrected chi connectivity index (χ0v) is 17.1. The van der Waals surface area contributed by atoms with Gasteiger partial charge in [0.05, 0.1) is 20.2 Å². The normalized spacial score (nSPS) is 11.7. The molecule has 1 aromatic heterocycles. The average Bonchev–Trinajstić information content (AvgIpc) is 3.02. The molecule has 1 heterocycles. The number of guanidine groups is 1. The fourth-order valence-corrected chi connectivity index (χ4v) is 2.66. The Labute approximate surface area is 162 Å². The van der Waals surface area contributed by atoms with Gasteiger partial charge in [0, 0.05) is 13.6 Å². The van der Waals surface area contributed by atoms with Gasteiger partial charge in [-0.3, -0.25) is 0 Å². The van der Waals surface area contributed by atoms with Crippen molar-refractivity contribution in [1.29, 1.82) is 0 Å². The van der Waals surface area contributed by atoms with Gasteiger partial charge in [0.1, 0.15) is 11.6 Å². The summed E-state index contributed by atoms with van der Waals surface area (Å²) < 4.78 is 7.19. The Kier molecular flexibility index (Phi) is 8.10. The molecule has 27 heavy (non-hydrogen) atoms. The second-order valence-electron chi connectivity index (χ2n) is 6.65. The predicted molar refractivity (Wildman–Crippen MR) is 109 cm³/mol.